The molecule has 1 atom stereocenters. The number of nitrogens with zero attached hydrogens (tertiary/aromatic N) is 1. The molecule has 1 aliphatic carbocycles. The lowest BCUT2D eigenvalue weighted by Crippen LogP contribution is -2.49. The van der Waals surface area contributed by atoms with Crippen molar-refractivity contribution in [1.29, 1.82) is 5.26 Å². The molecule has 17 heavy (non-hydrogen) atoms. The van der Waals surface area contributed by atoms with Gasteiger partial charge in [0.05, 0.1) is 6.07 Å². The lowest BCUT2D eigenvalue weighted by atomic mass is 9.78. The molecule has 1 saturated carbocycles. The third-order valence-electron chi connectivity index (χ3n) is 4.21. The van der Waals surface area contributed by atoms with Gasteiger partial charge in [0.15, 0.2) is 0 Å². The highest BCUT2D eigenvalue weighted by Crippen LogP contribution is 2.32. The summed E-state index contributed by atoms with van der Waals surface area (Å²) in [6.45, 7) is 3.07. The number of carbonyl (C=O) groups is 1. The lowest BCUT2D eigenvalue weighted by Gasteiger charge is -2.35. The van der Waals surface area contributed by atoms with Crippen LogP contribution in [0.5, 0.6) is 0 Å². The van der Waals surface area contributed by atoms with E-state index >= 15 is 0 Å². The van der Waals surface area contributed by atoms with Crippen LogP contribution in [-0.2, 0) is 9.53 Å². The third kappa shape index (κ3) is 2.44. The van der Waals surface area contributed by atoms with Crippen molar-refractivity contribution in [2.24, 2.45) is 11.3 Å². The van der Waals surface area contributed by atoms with Crippen LogP contribution in [0.2, 0.25) is 0 Å². The highest BCUT2D eigenvalue weighted by atomic mass is 16.5. The number of amides is 1. The zero-order valence-corrected chi connectivity index (χ0v) is 10.4. The zero-order chi connectivity index (χ0) is 12.3. The monoisotopic (exact) mass is 236 g/mol. The first-order valence-electron chi connectivity index (χ1n) is 6.48. The molecule has 0 aromatic carbocycles. The van der Waals surface area contributed by atoms with Gasteiger partial charge in [0.2, 0.25) is 5.91 Å². The molecule has 0 aromatic heterocycles. The van der Waals surface area contributed by atoms with Crippen molar-refractivity contribution in [1.82, 2.24) is 5.32 Å². The summed E-state index contributed by atoms with van der Waals surface area (Å²) in [7, 11) is 0. The lowest BCUT2D eigenvalue weighted by molar-refractivity contribution is -0.133. The van der Waals surface area contributed by atoms with Crippen molar-refractivity contribution in [2.45, 2.75) is 45.1 Å². The van der Waals surface area contributed by atoms with Gasteiger partial charge in [-0.05, 0) is 38.5 Å². The van der Waals surface area contributed by atoms with E-state index in [-0.39, 0.29) is 11.9 Å². The van der Waals surface area contributed by atoms with E-state index < -0.39 is 5.41 Å². The number of hydrogen-bond donors (Lipinski definition) is 1. The molecule has 0 spiro atoms. The molecule has 1 aliphatic heterocycles. The highest BCUT2D eigenvalue weighted by Gasteiger charge is 2.41. The average molecular weight is 236 g/mol. The smallest absolute Gasteiger partial charge is 0.240 e. The fraction of sp³-hybridized carbons (Fsp3) is 0.846. The molecule has 0 radical (unpaired) electrons. The van der Waals surface area contributed by atoms with Gasteiger partial charge >= 0.3 is 0 Å². The van der Waals surface area contributed by atoms with Crippen molar-refractivity contribution in [3.8, 4) is 6.07 Å². The molecule has 4 nitrogen and oxygen atoms in total. The molecule has 2 fully saturated rings. The summed E-state index contributed by atoms with van der Waals surface area (Å²) in [6.07, 6.45) is 4.70. The van der Waals surface area contributed by atoms with E-state index in [1.807, 2.05) is 6.92 Å². The fourth-order valence-electron chi connectivity index (χ4n) is 2.51. The molecule has 2 rings (SSSR count). The summed E-state index contributed by atoms with van der Waals surface area (Å²) in [5.41, 5.74) is -0.851. The highest BCUT2D eigenvalue weighted by molar-refractivity contribution is 5.85. The summed E-state index contributed by atoms with van der Waals surface area (Å²) in [5.74, 6) is 0.511. The number of carbonyl (C=O) groups excluding carboxylic acids is 1. The predicted octanol–water partition coefficient (Wildman–Crippen LogP) is 1.61. The first-order chi connectivity index (χ1) is 8.18. The van der Waals surface area contributed by atoms with Gasteiger partial charge in [-0.25, -0.2) is 0 Å². The summed E-state index contributed by atoms with van der Waals surface area (Å²) in [6, 6.07) is 2.40. The Labute approximate surface area is 102 Å². The molecule has 1 amide bonds. The SMILES string of the molecule is CC(NC(=O)C1(C#N)CCOCC1)C1CCC1. The van der Waals surface area contributed by atoms with Crippen LogP contribution in [-0.4, -0.2) is 25.2 Å². The Morgan fingerprint density at radius 2 is 2.12 bits per heavy atom. The molecule has 4 heteroatoms. The van der Waals surface area contributed by atoms with Crippen LogP contribution in [0.3, 0.4) is 0 Å². The number of hydrogen-bond acceptors (Lipinski definition) is 3. The molecule has 2 aliphatic rings. The van der Waals surface area contributed by atoms with Crippen molar-refractivity contribution >= 4 is 5.91 Å². The molecule has 1 heterocycles. The Hall–Kier alpha value is -1.08. The van der Waals surface area contributed by atoms with Crippen molar-refractivity contribution in [3.63, 3.8) is 0 Å². The normalized spacial score (nSPS) is 25.4. The second-order valence-electron chi connectivity index (χ2n) is 5.26. The van der Waals surface area contributed by atoms with Crippen molar-refractivity contribution in [3.05, 3.63) is 0 Å². The van der Waals surface area contributed by atoms with Crippen LogP contribution >= 0.6 is 0 Å². The molecular weight excluding hydrogens is 216 g/mol. The quantitative estimate of drug-likeness (QED) is 0.809. The Morgan fingerprint density at radius 1 is 1.47 bits per heavy atom. The summed E-state index contributed by atoms with van der Waals surface area (Å²) in [5, 5.41) is 12.3. The molecular formula is C13H20N2O2. The van der Waals surface area contributed by atoms with Gasteiger partial charge in [-0.2, -0.15) is 5.26 Å². The molecule has 1 saturated heterocycles. The first kappa shape index (κ1) is 12.4. The van der Waals surface area contributed by atoms with Gasteiger partial charge in [-0.15, -0.1) is 0 Å². The van der Waals surface area contributed by atoms with Crippen molar-refractivity contribution in [2.75, 3.05) is 13.2 Å². The van der Waals surface area contributed by atoms with Gasteiger partial charge in [0, 0.05) is 19.3 Å². The number of nitrogens with one attached hydrogen (secondary N) is 1. The van der Waals surface area contributed by atoms with E-state index in [0.717, 1.165) is 0 Å². The van der Waals surface area contributed by atoms with E-state index in [9.17, 15) is 10.1 Å². The number of ether oxygens (including phenoxy) is 1. The second-order valence-corrected chi connectivity index (χ2v) is 5.26. The summed E-state index contributed by atoms with van der Waals surface area (Å²) in [4.78, 5) is 12.2. The van der Waals surface area contributed by atoms with Gasteiger partial charge in [0.1, 0.15) is 5.41 Å². The fourth-order valence-corrected chi connectivity index (χ4v) is 2.51. The maximum absolute atomic E-state index is 12.2. The van der Waals surface area contributed by atoms with Crippen LogP contribution in [0.4, 0.5) is 0 Å². The topological polar surface area (TPSA) is 62.1 Å². The minimum atomic E-state index is -0.851. The Kier molecular flexibility index (Phi) is 3.68. The van der Waals surface area contributed by atoms with Gasteiger partial charge in [0.25, 0.3) is 0 Å². The maximum atomic E-state index is 12.2. The standard InChI is InChI=1S/C13H20N2O2/c1-10(11-3-2-4-11)15-12(16)13(9-14)5-7-17-8-6-13/h10-11H,2-8H2,1H3,(H,15,16). The van der Waals surface area contributed by atoms with Crippen LogP contribution in [0.1, 0.15) is 39.0 Å². The zero-order valence-electron chi connectivity index (χ0n) is 10.4. The van der Waals surface area contributed by atoms with E-state index in [2.05, 4.69) is 11.4 Å². The average Bonchev–Trinajstić information content (AvgIpc) is 2.27. The minimum Gasteiger partial charge on any atom is -0.381 e. The Bertz CT molecular complexity index is 325. The summed E-state index contributed by atoms with van der Waals surface area (Å²) >= 11 is 0. The van der Waals surface area contributed by atoms with Crippen LogP contribution in [0.15, 0.2) is 0 Å². The predicted molar refractivity (Wildman–Crippen MR) is 63.0 cm³/mol. The largest absolute Gasteiger partial charge is 0.381 e. The van der Waals surface area contributed by atoms with E-state index in [1.54, 1.807) is 0 Å². The second kappa shape index (κ2) is 5.05. The molecule has 0 aromatic rings. The number of rotatable bonds is 3. The minimum absolute atomic E-state index is 0.0947. The third-order valence-corrected chi connectivity index (χ3v) is 4.21. The number of nitriles is 1. The maximum Gasteiger partial charge on any atom is 0.240 e. The van der Waals surface area contributed by atoms with Crippen LogP contribution in [0, 0.1) is 22.7 Å². The van der Waals surface area contributed by atoms with E-state index in [1.165, 1.54) is 19.3 Å². The Balaban J connectivity index is 1.94. The Morgan fingerprint density at radius 3 is 2.59 bits per heavy atom. The molecule has 0 bridgehead atoms. The van der Waals surface area contributed by atoms with E-state index in [0.29, 0.717) is 32.0 Å². The van der Waals surface area contributed by atoms with E-state index in [4.69, 9.17) is 4.74 Å². The molecule has 94 valence electrons. The first-order valence-corrected chi connectivity index (χ1v) is 6.48. The molecule has 1 unspecified atom stereocenters. The van der Waals surface area contributed by atoms with Gasteiger partial charge in [-0.1, -0.05) is 6.42 Å². The van der Waals surface area contributed by atoms with Crippen LogP contribution < -0.4 is 5.32 Å². The van der Waals surface area contributed by atoms with Gasteiger partial charge < -0.3 is 10.1 Å². The molecule has 1 N–H and O–H groups in total. The van der Waals surface area contributed by atoms with Crippen LogP contribution in [0.25, 0.3) is 0 Å². The van der Waals surface area contributed by atoms with Crippen molar-refractivity contribution < 1.29 is 9.53 Å². The van der Waals surface area contributed by atoms with Gasteiger partial charge in [-0.3, -0.25) is 4.79 Å². The summed E-state index contributed by atoms with van der Waals surface area (Å²) < 4.78 is 5.23.